The molecule has 0 amide bonds. The van der Waals surface area contributed by atoms with Crippen molar-refractivity contribution in [2.24, 2.45) is 4.99 Å². The smallest absolute Gasteiger partial charge is 0.147 e. The van der Waals surface area contributed by atoms with Crippen molar-refractivity contribution in [3.63, 3.8) is 0 Å². The lowest BCUT2D eigenvalue weighted by Gasteiger charge is -2.24. The molecule has 0 aliphatic heterocycles. The number of aliphatic imine (C=N–C) groups is 1. The van der Waals surface area contributed by atoms with Crippen molar-refractivity contribution < 1.29 is 4.39 Å². The van der Waals surface area contributed by atoms with Crippen LogP contribution in [0.3, 0.4) is 0 Å². The van der Waals surface area contributed by atoms with Crippen LogP contribution in [0.4, 0.5) is 21.5 Å². The van der Waals surface area contributed by atoms with Crippen LogP contribution >= 0.6 is 11.6 Å². The molecule has 0 fully saturated rings. The van der Waals surface area contributed by atoms with Crippen molar-refractivity contribution in [3.8, 4) is 0 Å². The Labute approximate surface area is 148 Å². The standard InChI is InChI=1S/C19H23ClFN3/c1-6-23(4)12-22-16-10-13(2)11-17(18(16)20)24(5)19-14(3)8-7-9-15(19)21/h7-12H,6H2,1-5H3. The van der Waals surface area contributed by atoms with Crippen LogP contribution in [0, 0.1) is 19.7 Å². The Bertz CT molecular complexity index is 738. The monoisotopic (exact) mass is 347 g/mol. The average Bonchev–Trinajstić information content (AvgIpc) is 2.54. The van der Waals surface area contributed by atoms with Crippen molar-refractivity contribution in [1.29, 1.82) is 0 Å². The number of benzene rings is 2. The van der Waals surface area contributed by atoms with Gasteiger partial charge in [-0.3, -0.25) is 0 Å². The van der Waals surface area contributed by atoms with E-state index in [9.17, 15) is 4.39 Å². The number of hydrogen-bond donors (Lipinski definition) is 0. The topological polar surface area (TPSA) is 18.8 Å². The maximum atomic E-state index is 14.3. The largest absolute Gasteiger partial charge is 0.366 e. The van der Waals surface area contributed by atoms with E-state index < -0.39 is 0 Å². The number of nitrogens with zero attached hydrogens (tertiary/aromatic N) is 3. The molecule has 0 aromatic heterocycles. The molecule has 0 N–H and O–H groups in total. The molecule has 3 nitrogen and oxygen atoms in total. The van der Waals surface area contributed by atoms with Crippen LogP contribution < -0.4 is 4.90 Å². The third kappa shape index (κ3) is 3.88. The Balaban J connectivity index is 2.51. The van der Waals surface area contributed by atoms with Gasteiger partial charge >= 0.3 is 0 Å². The molecule has 0 aliphatic rings. The lowest BCUT2D eigenvalue weighted by molar-refractivity contribution is 0.552. The van der Waals surface area contributed by atoms with Gasteiger partial charge in [0.2, 0.25) is 0 Å². The van der Waals surface area contributed by atoms with E-state index in [-0.39, 0.29) is 5.82 Å². The Morgan fingerprint density at radius 2 is 1.92 bits per heavy atom. The number of halogens is 2. The van der Waals surface area contributed by atoms with Crippen molar-refractivity contribution in [2.45, 2.75) is 20.8 Å². The van der Waals surface area contributed by atoms with Gasteiger partial charge in [-0.15, -0.1) is 0 Å². The maximum absolute atomic E-state index is 14.3. The molecule has 0 radical (unpaired) electrons. The van der Waals surface area contributed by atoms with Gasteiger partial charge in [0.15, 0.2) is 0 Å². The highest BCUT2D eigenvalue weighted by molar-refractivity contribution is 6.36. The summed E-state index contributed by atoms with van der Waals surface area (Å²) in [6.45, 7) is 6.76. The van der Waals surface area contributed by atoms with Crippen LogP contribution in [0.1, 0.15) is 18.1 Å². The van der Waals surface area contributed by atoms with Gasteiger partial charge in [-0.1, -0.05) is 23.7 Å². The lowest BCUT2D eigenvalue weighted by atomic mass is 10.1. The van der Waals surface area contributed by atoms with Crippen molar-refractivity contribution in [1.82, 2.24) is 4.90 Å². The van der Waals surface area contributed by atoms with E-state index in [0.29, 0.717) is 16.4 Å². The fourth-order valence-corrected chi connectivity index (χ4v) is 2.76. The molecule has 0 heterocycles. The molecular formula is C19H23ClFN3. The zero-order chi connectivity index (χ0) is 17.9. The average molecular weight is 348 g/mol. The minimum atomic E-state index is -0.272. The van der Waals surface area contributed by atoms with Crippen LogP contribution in [0.5, 0.6) is 0 Å². The van der Waals surface area contributed by atoms with E-state index in [1.54, 1.807) is 17.3 Å². The Morgan fingerprint density at radius 3 is 2.54 bits per heavy atom. The highest BCUT2D eigenvalue weighted by atomic mass is 35.5. The molecule has 0 spiro atoms. The SMILES string of the molecule is CCN(C)C=Nc1cc(C)cc(N(C)c2c(C)cccc2F)c1Cl. The second-order valence-electron chi connectivity index (χ2n) is 5.90. The normalized spacial score (nSPS) is 11.1. The summed E-state index contributed by atoms with van der Waals surface area (Å²) in [5.41, 5.74) is 3.79. The Kier molecular flexibility index (Phi) is 5.84. The third-order valence-corrected chi connectivity index (χ3v) is 4.34. The molecule has 0 saturated carbocycles. The summed E-state index contributed by atoms with van der Waals surface area (Å²) < 4.78 is 14.3. The molecule has 0 saturated heterocycles. The van der Waals surface area contributed by atoms with Crippen molar-refractivity contribution in [3.05, 3.63) is 52.3 Å². The first-order valence-electron chi connectivity index (χ1n) is 7.88. The number of aryl methyl sites for hydroxylation is 2. The second kappa shape index (κ2) is 7.67. The molecule has 0 aliphatic carbocycles. The quantitative estimate of drug-likeness (QED) is 0.527. The van der Waals surface area contributed by atoms with E-state index in [2.05, 4.69) is 4.99 Å². The van der Waals surface area contributed by atoms with Gasteiger partial charge in [0.1, 0.15) is 5.82 Å². The summed E-state index contributed by atoms with van der Waals surface area (Å²) in [6, 6.07) is 8.91. The zero-order valence-electron chi connectivity index (χ0n) is 14.8. The van der Waals surface area contributed by atoms with E-state index in [1.165, 1.54) is 6.07 Å². The van der Waals surface area contributed by atoms with E-state index >= 15 is 0 Å². The van der Waals surface area contributed by atoms with Crippen LogP contribution in [0.15, 0.2) is 35.3 Å². The van der Waals surface area contributed by atoms with Gasteiger partial charge in [0, 0.05) is 20.6 Å². The van der Waals surface area contributed by atoms with Crippen LogP contribution in [0.25, 0.3) is 0 Å². The number of rotatable bonds is 5. The summed E-state index contributed by atoms with van der Waals surface area (Å²) in [5.74, 6) is -0.272. The first-order valence-corrected chi connectivity index (χ1v) is 8.26. The predicted molar refractivity (Wildman–Crippen MR) is 102 cm³/mol. The van der Waals surface area contributed by atoms with Crippen molar-refractivity contribution >= 4 is 35.0 Å². The molecule has 2 aromatic carbocycles. The predicted octanol–water partition coefficient (Wildman–Crippen LogP) is 5.48. The zero-order valence-corrected chi connectivity index (χ0v) is 15.5. The molecule has 2 rings (SSSR count). The van der Waals surface area contributed by atoms with E-state index in [4.69, 9.17) is 11.6 Å². The van der Waals surface area contributed by atoms with Crippen LogP contribution in [-0.4, -0.2) is 31.9 Å². The number of anilines is 2. The summed E-state index contributed by atoms with van der Waals surface area (Å²) in [7, 11) is 3.76. The molecule has 128 valence electrons. The van der Waals surface area contributed by atoms with Crippen molar-refractivity contribution in [2.75, 3.05) is 25.5 Å². The van der Waals surface area contributed by atoms with Gasteiger partial charge in [-0.05, 0) is 50.1 Å². The summed E-state index contributed by atoms with van der Waals surface area (Å²) in [6.07, 6.45) is 1.75. The summed E-state index contributed by atoms with van der Waals surface area (Å²) in [4.78, 5) is 8.21. The van der Waals surface area contributed by atoms with Gasteiger partial charge < -0.3 is 9.80 Å². The molecule has 2 aromatic rings. The second-order valence-corrected chi connectivity index (χ2v) is 6.28. The third-order valence-electron chi connectivity index (χ3n) is 3.96. The van der Waals surface area contributed by atoms with Crippen LogP contribution in [-0.2, 0) is 0 Å². The Morgan fingerprint density at radius 1 is 1.21 bits per heavy atom. The summed E-state index contributed by atoms with van der Waals surface area (Å²) >= 11 is 6.56. The molecule has 0 unspecified atom stereocenters. The minimum absolute atomic E-state index is 0.272. The molecule has 5 heteroatoms. The molecular weight excluding hydrogens is 325 g/mol. The first-order chi connectivity index (χ1) is 11.3. The maximum Gasteiger partial charge on any atom is 0.147 e. The molecule has 24 heavy (non-hydrogen) atoms. The highest BCUT2D eigenvalue weighted by Gasteiger charge is 2.17. The highest BCUT2D eigenvalue weighted by Crippen LogP contribution is 2.40. The van der Waals surface area contributed by atoms with Gasteiger partial charge in [-0.25, -0.2) is 9.38 Å². The number of para-hydroxylation sites is 1. The van der Waals surface area contributed by atoms with Crippen LogP contribution in [0.2, 0.25) is 5.02 Å². The number of hydrogen-bond acceptors (Lipinski definition) is 2. The lowest BCUT2D eigenvalue weighted by Crippen LogP contribution is -2.15. The van der Waals surface area contributed by atoms with Gasteiger partial charge in [0.05, 0.1) is 28.4 Å². The van der Waals surface area contributed by atoms with E-state index in [1.807, 2.05) is 58.0 Å². The van der Waals surface area contributed by atoms with E-state index in [0.717, 1.165) is 23.4 Å². The van der Waals surface area contributed by atoms with Gasteiger partial charge in [-0.2, -0.15) is 0 Å². The summed E-state index contributed by atoms with van der Waals surface area (Å²) in [5, 5.41) is 0.506. The molecule has 0 atom stereocenters. The minimum Gasteiger partial charge on any atom is -0.366 e. The Hall–Kier alpha value is -2.07. The van der Waals surface area contributed by atoms with Gasteiger partial charge in [0.25, 0.3) is 0 Å². The first kappa shape index (κ1) is 18.3. The fourth-order valence-electron chi connectivity index (χ4n) is 2.48. The fraction of sp³-hybridized carbons (Fsp3) is 0.316. The molecule has 0 bridgehead atoms.